The van der Waals surface area contributed by atoms with E-state index in [1.54, 1.807) is 24.3 Å². The zero-order chi connectivity index (χ0) is 42.0. The summed E-state index contributed by atoms with van der Waals surface area (Å²) >= 11 is 0. The maximum Gasteiger partial charge on any atom is 0.343 e. The number of carbonyl (C=O) groups is 2. The van der Waals surface area contributed by atoms with E-state index in [1.165, 1.54) is 116 Å². The van der Waals surface area contributed by atoms with Gasteiger partial charge in [0.2, 0.25) is 0 Å². The molecule has 4 rings (SSSR count). The summed E-state index contributed by atoms with van der Waals surface area (Å²) in [5.74, 6) is 1.67. The number of ether oxygens (including phenoxy) is 4. The molecule has 0 spiro atoms. The fourth-order valence-electron chi connectivity index (χ4n) is 7.31. The van der Waals surface area contributed by atoms with Crippen molar-refractivity contribution in [3.63, 3.8) is 0 Å². The summed E-state index contributed by atoms with van der Waals surface area (Å²) in [7, 11) is 0. The second kappa shape index (κ2) is 27.2. The molecular weight excluding hydrogens is 733 g/mol. The highest BCUT2D eigenvalue weighted by atomic mass is 16.5. The maximum atomic E-state index is 12.9. The third kappa shape index (κ3) is 17.7. The lowest BCUT2D eigenvalue weighted by Crippen LogP contribution is -2.19. The van der Waals surface area contributed by atoms with Crippen molar-refractivity contribution in [1.29, 1.82) is 0 Å². The van der Waals surface area contributed by atoms with Gasteiger partial charge in [0.15, 0.2) is 0 Å². The van der Waals surface area contributed by atoms with Crippen LogP contribution in [-0.2, 0) is 5.41 Å². The van der Waals surface area contributed by atoms with Crippen molar-refractivity contribution in [1.82, 2.24) is 0 Å². The highest BCUT2D eigenvalue weighted by Gasteiger charge is 2.24. The minimum Gasteiger partial charge on any atom is -0.494 e. The quantitative estimate of drug-likeness (QED) is 0.0297. The first kappa shape index (κ1) is 47.1. The van der Waals surface area contributed by atoms with E-state index in [0.717, 1.165) is 35.5 Å². The Labute approximate surface area is 356 Å². The molecule has 0 heterocycles. The summed E-state index contributed by atoms with van der Waals surface area (Å²) in [6.07, 6.45) is 25.8. The lowest BCUT2D eigenvalue weighted by atomic mass is 9.78. The van der Waals surface area contributed by atoms with Crippen LogP contribution in [0.5, 0.6) is 23.0 Å². The van der Waals surface area contributed by atoms with E-state index in [-0.39, 0.29) is 5.41 Å². The molecule has 0 N–H and O–H groups in total. The summed E-state index contributed by atoms with van der Waals surface area (Å²) in [4.78, 5) is 25.8. The molecule has 0 saturated carbocycles. The van der Waals surface area contributed by atoms with Gasteiger partial charge in [0.25, 0.3) is 0 Å². The van der Waals surface area contributed by atoms with Crippen molar-refractivity contribution in [2.24, 2.45) is 0 Å². The van der Waals surface area contributed by atoms with Crippen LogP contribution in [0.1, 0.15) is 188 Å². The molecule has 0 bridgehead atoms. The van der Waals surface area contributed by atoms with Gasteiger partial charge in [-0.05, 0) is 96.8 Å². The van der Waals surface area contributed by atoms with E-state index in [1.807, 2.05) is 72.8 Å². The van der Waals surface area contributed by atoms with Crippen molar-refractivity contribution in [2.45, 2.75) is 162 Å². The molecule has 59 heavy (non-hydrogen) atoms. The van der Waals surface area contributed by atoms with Crippen LogP contribution >= 0.6 is 0 Å². The SMILES string of the molecule is CCCCCCCCCCCCOc1ccc(C(=O)Oc2ccc(C(C)(C)c3ccc(OC(=O)c4ccc(OCCCCCCCCCCCC)cc4)cc3)cc2)cc1. The number of hydrogen-bond donors (Lipinski definition) is 0. The minimum absolute atomic E-state index is 0.349. The van der Waals surface area contributed by atoms with Gasteiger partial charge in [-0.1, -0.05) is 168 Å². The highest BCUT2D eigenvalue weighted by molar-refractivity contribution is 5.91. The molecule has 0 amide bonds. The standard InChI is InChI=1S/C53H72O6/c1-5-7-9-11-13-15-17-19-21-23-41-56-47-33-25-43(26-34-47)51(54)58-49-37-29-45(30-38-49)53(3,4)46-31-39-50(40-32-46)59-52(55)44-27-35-48(36-28-44)57-42-24-22-20-18-16-14-12-10-8-6-2/h25-40H,5-24,41-42H2,1-4H3. The normalized spacial score (nSPS) is 11.3. The fourth-order valence-corrected chi connectivity index (χ4v) is 7.31. The largest absolute Gasteiger partial charge is 0.494 e. The van der Waals surface area contributed by atoms with Gasteiger partial charge < -0.3 is 18.9 Å². The first-order chi connectivity index (χ1) is 28.8. The topological polar surface area (TPSA) is 71.1 Å². The van der Waals surface area contributed by atoms with Gasteiger partial charge in [0.05, 0.1) is 24.3 Å². The summed E-state index contributed by atoms with van der Waals surface area (Å²) in [6.45, 7) is 10.2. The van der Waals surface area contributed by atoms with Crippen LogP contribution in [0.4, 0.5) is 0 Å². The number of hydrogen-bond acceptors (Lipinski definition) is 6. The third-order valence-corrected chi connectivity index (χ3v) is 11.3. The number of unbranched alkanes of at least 4 members (excludes halogenated alkanes) is 18. The number of benzene rings is 4. The van der Waals surface area contributed by atoms with Crippen LogP contribution in [0.2, 0.25) is 0 Å². The molecule has 0 radical (unpaired) electrons. The van der Waals surface area contributed by atoms with Crippen LogP contribution < -0.4 is 18.9 Å². The van der Waals surface area contributed by atoms with Gasteiger partial charge in [-0.3, -0.25) is 0 Å². The molecule has 4 aromatic carbocycles. The van der Waals surface area contributed by atoms with Gasteiger partial charge in [-0.25, -0.2) is 9.59 Å². The van der Waals surface area contributed by atoms with Crippen LogP contribution in [0.3, 0.4) is 0 Å². The molecule has 0 aromatic heterocycles. The molecule has 320 valence electrons. The molecular formula is C53H72O6. The average Bonchev–Trinajstić information content (AvgIpc) is 3.25. The molecule has 6 heteroatoms. The number of esters is 2. The zero-order valence-corrected chi connectivity index (χ0v) is 36.7. The Morgan fingerprint density at radius 1 is 0.373 bits per heavy atom. The summed E-state index contributed by atoms with van der Waals surface area (Å²) in [6, 6.07) is 29.5. The van der Waals surface area contributed by atoms with Gasteiger partial charge in [0, 0.05) is 5.41 Å². The molecule has 0 aliphatic rings. The molecule has 0 aliphatic carbocycles. The Morgan fingerprint density at radius 2 is 0.644 bits per heavy atom. The third-order valence-electron chi connectivity index (χ3n) is 11.3. The van der Waals surface area contributed by atoms with Crippen molar-refractivity contribution in [2.75, 3.05) is 13.2 Å². The van der Waals surface area contributed by atoms with E-state index >= 15 is 0 Å². The lowest BCUT2D eigenvalue weighted by Gasteiger charge is -2.26. The Morgan fingerprint density at radius 3 is 0.949 bits per heavy atom. The summed E-state index contributed by atoms with van der Waals surface area (Å²) in [5, 5.41) is 0. The van der Waals surface area contributed by atoms with E-state index < -0.39 is 11.9 Å². The van der Waals surface area contributed by atoms with Crippen molar-refractivity contribution < 1.29 is 28.5 Å². The Hall–Kier alpha value is -4.58. The second-order valence-corrected chi connectivity index (χ2v) is 16.6. The molecule has 0 saturated heterocycles. The highest BCUT2D eigenvalue weighted by Crippen LogP contribution is 2.34. The monoisotopic (exact) mass is 805 g/mol. The van der Waals surface area contributed by atoms with Crippen LogP contribution in [0.25, 0.3) is 0 Å². The molecule has 4 aromatic rings. The predicted octanol–water partition coefficient (Wildman–Crippen LogP) is 15.1. The van der Waals surface area contributed by atoms with Crippen molar-refractivity contribution in [3.05, 3.63) is 119 Å². The van der Waals surface area contributed by atoms with E-state index in [2.05, 4.69) is 27.7 Å². The zero-order valence-electron chi connectivity index (χ0n) is 36.7. The molecule has 6 nitrogen and oxygen atoms in total. The second-order valence-electron chi connectivity index (χ2n) is 16.6. The molecule has 0 atom stereocenters. The van der Waals surface area contributed by atoms with Crippen LogP contribution in [0.15, 0.2) is 97.1 Å². The molecule has 0 unspecified atom stereocenters. The van der Waals surface area contributed by atoms with Crippen molar-refractivity contribution in [3.8, 4) is 23.0 Å². The smallest absolute Gasteiger partial charge is 0.343 e. The first-order valence-corrected chi connectivity index (χ1v) is 22.9. The molecule has 0 aliphatic heterocycles. The van der Waals surface area contributed by atoms with Gasteiger partial charge in [-0.2, -0.15) is 0 Å². The predicted molar refractivity (Wildman–Crippen MR) is 242 cm³/mol. The van der Waals surface area contributed by atoms with Crippen LogP contribution in [-0.4, -0.2) is 25.2 Å². The number of carbonyl (C=O) groups excluding carboxylic acids is 2. The van der Waals surface area contributed by atoms with E-state index in [4.69, 9.17) is 18.9 Å². The minimum atomic E-state index is -0.410. The van der Waals surface area contributed by atoms with E-state index in [0.29, 0.717) is 35.8 Å². The van der Waals surface area contributed by atoms with E-state index in [9.17, 15) is 9.59 Å². The lowest BCUT2D eigenvalue weighted by molar-refractivity contribution is 0.0725. The Balaban J connectivity index is 1.14. The fraction of sp³-hybridized carbons (Fsp3) is 0.509. The Bertz CT molecular complexity index is 1600. The first-order valence-electron chi connectivity index (χ1n) is 22.9. The average molecular weight is 805 g/mol. The van der Waals surface area contributed by atoms with Gasteiger partial charge >= 0.3 is 11.9 Å². The van der Waals surface area contributed by atoms with Gasteiger partial charge in [-0.15, -0.1) is 0 Å². The Kier molecular flexibility index (Phi) is 21.7. The van der Waals surface area contributed by atoms with Crippen LogP contribution in [0, 0.1) is 0 Å². The van der Waals surface area contributed by atoms with Gasteiger partial charge in [0.1, 0.15) is 23.0 Å². The maximum absolute atomic E-state index is 12.9. The summed E-state index contributed by atoms with van der Waals surface area (Å²) in [5.41, 5.74) is 2.71. The number of rotatable bonds is 30. The van der Waals surface area contributed by atoms with Crippen molar-refractivity contribution >= 4 is 11.9 Å². The molecule has 0 fully saturated rings. The summed E-state index contributed by atoms with van der Waals surface area (Å²) < 4.78 is 23.2.